The van der Waals surface area contributed by atoms with Gasteiger partial charge in [-0.25, -0.2) is 12.8 Å². The topological polar surface area (TPSA) is 63.2 Å². The summed E-state index contributed by atoms with van der Waals surface area (Å²) < 4.78 is 38.9. The largest absolute Gasteiger partial charge is 0.354 e. The number of nitrogens with one attached hydrogen (secondary N) is 1. The summed E-state index contributed by atoms with van der Waals surface area (Å²) >= 11 is 6.60. The second kappa shape index (κ2) is 7.90. The van der Waals surface area contributed by atoms with Crippen LogP contribution in [0.1, 0.15) is 17.2 Å². The number of amides is 1. The molecule has 1 aromatic carbocycles. The van der Waals surface area contributed by atoms with Crippen LogP contribution in [0.4, 0.5) is 4.39 Å². The van der Waals surface area contributed by atoms with E-state index in [2.05, 4.69) is 5.32 Å². The number of hydrogen-bond donors (Lipinski definition) is 1. The molecule has 0 aliphatic carbocycles. The quantitative estimate of drug-likeness (QED) is 0.756. The third kappa shape index (κ3) is 4.53. The summed E-state index contributed by atoms with van der Waals surface area (Å²) in [4.78, 5) is 11.6. The Bertz CT molecular complexity index is 746. The van der Waals surface area contributed by atoms with Crippen molar-refractivity contribution in [3.05, 3.63) is 53.2 Å². The summed E-state index contributed by atoms with van der Waals surface area (Å²) in [5.41, 5.74) is 0.422. The molecule has 0 fully saturated rings. The molecule has 0 aliphatic rings. The van der Waals surface area contributed by atoms with E-state index in [1.54, 1.807) is 11.4 Å². The van der Waals surface area contributed by atoms with E-state index in [0.717, 1.165) is 11.3 Å². The van der Waals surface area contributed by atoms with Gasteiger partial charge in [0, 0.05) is 18.8 Å². The van der Waals surface area contributed by atoms with Crippen LogP contribution in [0.15, 0.2) is 46.0 Å². The molecule has 1 N–H and O–H groups in total. The SMILES string of the molecule is O=C(CCCl)NC[C@H](c1ccc(F)cc1)S(=O)(=O)c1cccs1. The summed E-state index contributed by atoms with van der Waals surface area (Å²) in [6.07, 6.45) is 0.108. The van der Waals surface area contributed by atoms with Crippen LogP contribution in [0, 0.1) is 5.82 Å². The van der Waals surface area contributed by atoms with Gasteiger partial charge in [-0.3, -0.25) is 4.79 Å². The Morgan fingerprint density at radius 3 is 2.52 bits per heavy atom. The number of thiophene rings is 1. The molecular formula is C15H15ClFNO3S2. The minimum atomic E-state index is -3.69. The first-order valence-corrected chi connectivity index (χ1v) is 9.76. The van der Waals surface area contributed by atoms with Crippen molar-refractivity contribution in [3.63, 3.8) is 0 Å². The second-order valence-corrected chi connectivity index (χ2v) is 8.44. The number of alkyl halides is 1. The summed E-state index contributed by atoms with van der Waals surface area (Å²) in [7, 11) is -3.69. The predicted octanol–water partition coefficient (Wildman–Crippen LogP) is 3.15. The van der Waals surface area contributed by atoms with Gasteiger partial charge in [-0.1, -0.05) is 18.2 Å². The Labute approximate surface area is 143 Å². The lowest BCUT2D eigenvalue weighted by Crippen LogP contribution is -2.31. The highest BCUT2D eigenvalue weighted by atomic mass is 35.5. The Balaban J connectivity index is 2.31. The average molecular weight is 376 g/mol. The molecule has 8 heteroatoms. The van der Waals surface area contributed by atoms with Crippen LogP contribution in [0.25, 0.3) is 0 Å². The molecule has 1 heterocycles. The highest BCUT2D eigenvalue weighted by Crippen LogP contribution is 2.31. The molecule has 0 saturated heterocycles. The first-order valence-electron chi connectivity index (χ1n) is 6.80. The lowest BCUT2D eigenvalue weighted by Gasteiger charge is -2.18. The van der Waals surface area contributed by atoms with Crippen molar-refractivity contribution < 1.29 is 17.6 Å². The minimum Gasteiger partial charge on any atom is -0.354 e. The number of rotatable bonds is 7. The molecular weight excluding hydrogens is 361 g/mol. The van der Waals surface area contributed by atoms with Crippen LogP contribution in [-0.2, 0) is 14.6 Å². The Hall–Kier alpha value is -1.44. The van der Waals surface area contributed by atoms with E-state index in [9.17, 15) is 17.6 Å². The summed E-state index contributed by atoms with van der Waals surface area (Å²) in [6, 6.07) is 8.39. The van der Waals surface area contributed by atoms with E-state index in [4.69, 9.17) is 11.6 Å². The van der Waals surface area contributed by atoms with Crippen LogP contribution in [0.2, 0.25) is 0 Å². The maximum Gasteiger partial charge on any atom is 0.221 e. The molecule has 4 nitrogen and oxygen atoms in total. The lowest BCUT2D eigenvalue weighted by atomic mass is 10.1. The van der Waals surface area contributed by atoms with Crippen molar-refractivity contribution in [1.29, 1.82) is 0 Å². The van der Waals surface area contributed by atoms with Gasteiger partial charge in [-0.05, 0) is 29.1 Å². The zero-order chi connectivity index (χ0) is 16.9. The van der Waals surface area contributed by atoms with Gasteiger partial charge in [0.15, 0.2) is 9.84 Å². The monoisotopic (exact) mass is 375 g/mol. The maximum atomic E-state index is 13.1. The number of carbonyl (C=O) groups excluding carboxylic acids is 1. The zero-order valence-electron chi connectivity index (χ0n) is 12.0. The molecule has 23 heavy (non-hydrogen) atoms. The molecule has 1 aromatic heterocycles. The fraction of sp³-hybridized carbons (Fsp3) is 0.267. The van der Waals surface area contributed by atoms with Crippen LogP contribution in [0.5, 0.6) is 0 Å². The average Bonchev–Trinajstić information content (AvgIpc) is 3.04. The molecule has 0 radical (unpaired) electrons. The van der Waals surface area contributed by atoms with Crippen LogP contribution < -0.4 is 5.32 Å². The van der Waals surface area contributed by atoms with Gasteiger partial charge in [0.25, 0.3) is 0 Å². The number of hydrogen-bond acceptors (Lipinski definition) is 4. The smallest absolute Gasteiger partial charge is 0.221 e. The first-order chi connectivity index (χ1) is 10.9. The third-order valence-electron chi connectivity index (χ3n) is 3.20. The fourth-order valence-electron chi connectivity index (χ4n) is 2.03. The Morgan fingerprint density at radius 1 is 1.26 bits per heavy atom. The molecule has 0 bridgehead atoms. The van der Waals surface area contributed by atoms with E-state index in [-0.39, 0.29) is 29.0 Å². The van der Waals surface area contributed by atoms with Gasteiger partial charge in [-0.15, -0.1) is 22.9 Å². The number of carbonyl (C=O) groups is 1. The van der Waals surface area contributed by atoms with Crippen molar-refractivity contribution in [2.24, 2.45) is 0 Å². The van der Waals surface area contributed by atoms with Crippen molar-refractivity contribution in [2.45, 2.75) is 15.9 Å². The first kappa shape index (κ1) is 17.9. The zero-order valence-corrected chi connectivity index (χ0v) is 14.4. The van der Waals surface area contributed by atoms with E-state index in [1.807, 2.05) is 0 Å². The second-order valence-electron chi connectivity index (χ2n) is 4.76. The summed E-state index contributed by atoms with van der Waals surface area (Å²) in [5.74, 6) is -0.620. The number of sulfone groups is 1. The normalized spacial score (nSPS) is 12.8. The van der Waals surface area contributed by atoms with Gasteiger partial charge in [0.1, 0.15) is 15.3 Å². The van der Waals surface area contributed by atoms with Gasteiger partial charge < -0.3 is 5.32 Å². The molecule has 0 aliphatic heterocycles. The standard InChI is InChI=1S/C15H15ClFNO3S2/c16-8-7-14(19)18-10-13(11-3-5-12(17)6-4-11)23(20,21)15-2-1-9-22-15/h1-6,9,13H,7-8,10H2,(H,18,19)/t13-/m1/s1. The van der Waals surface area contributed by atoms with E-state index >= 15 is 0 Å². The molecule has 124 valence electrons. The van der Waals surface area contributed by atoms with E-state index in [1.165, 1.54) is 30.3 Å². The number of benzene rings is 1. The fourth-order valence-corrected chi connectivity index (χ4v) is 5.07. The van der Waals surface area contributed by atoms with Crippen LogP contribution in [0.3, 0.4) is 0 Å². The maximum absolute atomic E-state index is 13.1. The minimum absolute atomic E-state index is 0.0956. The molecule has 0 unspecified atom stereocenters. The number of halogens is 2. The van der Waals surface area contributed by atoms with Crippen LogP contribution >= 0.6 is 22.9 Å². The Kier molecular flexibility index (Phi) is 6.15. The molecule has 0 spiro atoms. The van der Waals surface area contributed by atoms with Gasteiger partial charge in [-0.2, -0.15) is 0 Å². The lowest BCUT2D eigenvalue weighted by molar-refractivity contribution is -0.120. The van der Waals surface area contributed by atoms with Crippen molar-refractivity contribution >= 4 is 38.7 Å². The highest BCUT2D eigenvalue weighted by molar-refractivity contribution is 7.93. The highest BCUT2D eigenvalue weighted by Gasteiger charge is 2.30. The Morgan fingerprint density at radius 2 is 1.96 bits per heavy atom. The summed E-state index contributed by atoms with van der Waals surface area (Å²) in [6.45, 7) is -0.0956. The summed E-state index contributed by atoms with van der Waals surface area (Å²) in [5, 5.41) is 3.26. The van der Waals surface area contributed by atoms with Crippen molar-refractivity contribution in [2.75, 3.05) is 12.4 Å². The third-order valence-corrected chi connectivity index (χ3v) is 6.92. The predicted molar refractivity (Wildman–Crippen MR) is 89.0 cm³/mol. The van der Waals surface area contributed by atoms with Gasteiger partial charge in [0.05, 0.1) is 0 Å². The molecule has 1 amide bonds. The molecule has 0 saturated carbocycles. The van der Waals surface area contributed by atoms with E-state index in [0.29, 0.717) is 5.56 Å². The molecule has 2 rings (SSSR count). The van der Waals surface area contributed by atoms with Gasteiger partial charge >= 0.3 is 0 Å². The van der Waals surface area contributed by atoms with Crippen molar-refractivity contribution in [1.82, 2.24) is 5.32 Å². The van der Waals surface area contributed by atoms with Crippen molar-refractivity contribution in [3.8, 4) is 0 Å². The molecule has 1 atom stereocenters. The molecule has 2 aromatic rings. The van der Waals surface area contributed by atoms with E-state index < -0.39 is 20.9 Å². The van der Waals surface area contributed by atoms with Crippen LogP contribution in [-0.4, -0.2) is 26.7 Å². The van der Waals surface area contributed by atoms with Gasteiger partial charge in [0.2, 0.25) is 5.91 Å².